The normalized spacial score (nSPS) is 18.4. The van der Waals surface area contributed by atoms with Gasteiger partial charge >= 0.3 is 11.8 Å². The SMILES string of the molecule is O=C1/C(=C/c2ccc(F)cc2)CN(C(=O)C(=O)N2C/C(=C\c3ccc(F)cc3)C(=O)/C(=C/c3ccc(F)cc3)C2)C/C1=C\c1ccc(F)cc1. The Hall–Kier alpha value is -6.16. The fourth-order valence-corrected chi connectivity index (χ4v) is 5.68. The van der Waals surface area contributed by atoms with Gasteiger partial charge in [0.15, 0.2) is 11.6 Å². The van der Waals surface area contributed by atoms with Crippen LogP contribution in [0.3, 0.4) is 0 Å². The second-order valence-corrected chi connectivity index (χ2v) is 11.9. The summed E-state index contributed by atoms with van der Waals surface area (Å²) in [7, 11) is 0. The number of carbonyl (C=O) groups is 4. The third-order valence-corrected chi connectivity index (χ3v) is 8.21. The summed E-state index contributed by atoms with van der Waals surface area (Å²) in [5, 5.41) is 0. The Balaban J connectivity index is 1.33. The van der Waals surface area contributed by atoms with Gasteiger partial charge in [-0.3, -0.25) is 19.2 Å². The van der Waals surface area contributed by atoms with Crippen LogP contribution < -0.4 is 0 Å². The maximum absolute atomic E-state index is 13.9. The van der Waals surface area contributed by atoms with Crippen molar-refractivity contribution in [2.24, 2.45) is 0 Å². The Morgan fingerprint density at radius 2 is 0.600 bits per heavy atom. The minimum atomic E-state index is -0.941. The van der Waals surface area contributed by atoms with Crippen LogP contribution in [0.4, 0.5) is 17.6 Å². The summed E-state index contributed by atoms with van der Waals surface area (Å²) in [6.07, 6.45) is 6.04. The molecule has 4 aromatic rings. The van der Waals surface area contributed by atoms with Crippen LogP contribution in [0.5, 0.6) is 0 Å². The first-order valence-electron chi connectivity index (χ1n) is 15.5. The number of rotatable bonds is 4. The molecule has 6 rings (SSSR count). The molecule has 250 valence electrons. The van der Waals surface area contributed by atoms with E-state index < -0.39 is 46.6 Å². The molecule has 0 saturated carbocycles. The van der Waals surface area contributed by atoms with Gasteiger partial charge in [0.05, 0.1) is 26.2 Å². The molecule has 2 saturated heterocycles. The van der Waals surface area contributed by atoms with Crippen LogP contribution in [0.2, 0.25) is 0 Å². The van der Waals surface area contributed by atoms with Crippen molar-refractivity contribution in [1.82, 2.24) is 9.80 Å². The summed E-state index contributed by atoms with van der Waals surface area (Å²) in [5.41, 5.74) is 2.66. The molecule has 0 spiro atoms. The van der Waals surface area contributed by atoms with Crippen molar-refractivity contribution in [2.75, 3.05) is 26.2 Å². The number of hydrogen-bond acceptors (Lipinski definition) is 4. The molecule has 2 fully saturated rings. The van der Waals surface area contributed by atoms with Crippen molar-refractivity contribution in [2.45, 2.75) is 0 Å². The number of hydrogen-bond donors (Lipinski definition) is 0. The van der Waals surface area contributed by atoms with Crippen molar-refractivity contribution in [3.8, 4) is 0 Å². The average Bonchev–Trinajstić information content (AvgIpc) is 3.11. The van der Waals surface area contributed by atoms with E-state index in [4.69, 9.17) is 0 Å². The quantitative estimate of drug-likeness (QED) is 0.137. The molecule has 2 aliphatic heterocycles. The van der Waals surface area contributed by atoms with Gasteiger partial charge in [-0.25, -0.2) is 17.6 Å². The van der Waals surface area contributed by atoms with Crippen LogP contribution in [-0.2, 0) is 19.2 Å². The molecule has 0 aliphatic carbocycles. The van der Waals surface area contributed by atoms with Gasteiger partial charge in [0.25, 0.3) is 0 Å². The fraction of sp³-hybridized carbons (Fsp3) is 0.100. The van der Waals surface area contributed by atoms with E-state index in [2.05, 4.69) is 0 Å². The molecule has 0 aromatic heterocycles. The number of likely N-dealkylation sites (tertiary alicyclic amines) is 2. The molecule has 2 amide bonds. The van der Waals surface area contributed by atoms with E-state index in [0.29, 0.717) is 22.3 Å². The minimum absolute atomic E-state index is 0.167. The molecule has 0 unspecified atom stereocenters. The number of nitrogens with zero attached hydrogens (tertiary/aromatic N) is 2. The highest BCUT2D eigenvalue weighted by Crippen LogP contribution is 2.26. The molecule has 10 heteroatoms. The number of benzene rings is 4. The Labute approximate surface area is 284 Å². The van der Waals surface area contributed by atoms with Crippen molar-refractivity contribution >= 4 is 47.7 Å². The van der Waals surface area contributed by atoms with Crippen molar-refractivity contribution in [3.63, 3.8) is 0 Å². The number of Topliss-reactive ketones (excluding diaryl/α,β-unsaturated/α-hetero) is 2. The molecule has 4 aromatic carbocycles. The summed E-state index contributed by atoms with van der Waals surface area (Å²) in [4.78, 5) is 57.5. The summed E-state index contributed by atoms with van der Waals surface area (Å²) in [5.74, 6) is -4.55. The van der Waals surface area contributed by atoms with E-state index in [1.807, 2.05) is 0 Å². The summed E-state index contributed by atoms with van der Waals surface area (Å²) >= 11 is 0. The highest BCUT2D eigenvalue weighted by molar-refractivity contribution is 6.36. The van der Waals surface area contributed by atoms with Crippen LogP contribution in [0.15, 0.2) is 119 Å². The second-order valence-electron chi connectivity index (χ2n) is 11.9. The van der Waals surface area contributed by atoms with E-state index in [0.717, 1.165) is 0 Å². The first-order chi connectivity index (χ1) is 24.0. The van der Waals surface area contributed by atoms with Gasteiger partial charge in [0, 0.05) is 22.3 Å². The average molecular weight is 677 g/mol. The fourth-order valence-electron chi connectivity index (χ4n) is 5.68. The van der Waals surface area contributed by atoms with Gasteiger partial charge in [-0.1, -0.05) is 48.5 Å². The van der Waals surface area contributed by atoms with Crippen LogP contribution in [0.25, 0.3) is 24.3 Å². The smallest absolute Gasteiger partial charge is 0.312 e. The molecule has 6 nitrogen and oxygen atoms in total. The first-order valence-corrected chi connectivity index (χ1v) is 15.5. The molecule has 2 aliphatic rings. The van der Waals surface area contributed by atoms with Gasteiger partial charge in [0.2, 0.25) is 0 Å². The molecule has 0 N–H and O–H groups in total. The second kappa shape index (κ2) is 14.5. The van der Waals surface area contributed by atoms with E-state index in [1.54, 1.807) is 0 Å². The van der Waals surface area contributed by atoms with Crippen molar-refractivity contribution in [1.29, 1.82) is 0 Å². The molecular weight excluding hydrogens is 648 g/mol. The number of halogens is 4. The molecule has 50 heavy (non-hydrogen) atoms. The molecule has 2 heterocycles. The lowest BCUT2D eigenvalue weighted by Crippen LogP contribution is -2.52. The van der Waals surface area contributed by atoms with Gasteiger partial charge in [-0.15, -0.1) is 0 Å². The van der Waals surface area contributed by atoms with Crippen LogP contribution >= 0.6 is 0 Å². The Morgan fingerprint density at radius 3 is 0.800 bits per heavy atom. The zero-order chi connectivity index (χ0) is 35.4. The van der Waals surface area contributed by atoms with E-state index >= 15 is 0 Å². The lowest BCUT2D eigenvalue weighted by atomic mass is 9.93. The van der Waals surface area contributed by atoms with Crippen LogP contribution in [0, 0.1) is 23.3 Å². The third kappa shape index (κ3) is 7.92. The van der Waals surface area contributed by atoms with Crippen molar-refractivity contribution < 1.29 is 36.7 Å². The maximum atomic E-state index is 13.9. The Morgan fingerprint density at radius 1 is 0.400 bits per heavy atom. The molecule has 0 radical (unpaired) electrons. The predicted molar refractivity (Wildman–Crippen MR) is 181 cm³/mol. The highest BCUT2D eigenvalue weighted by atomic mass is 19.1. The third-order valence-electron chi connectivity index (χ3n) is 8.21. The summed E-state index contributed by atoms with van der Waals surface area (Å²) in [6.45, 7) is -0.925. The van der Waals surface area contributed by atoms with E-state index in [1.165, 1.54) is 131 Å². The molecule has 0 bridgehead atoms. The zero-order valence-corrected chi connectivity index (χ0v) is 26.4. The topological polar surface area (TPSA) is 74.8 Å². The largest absolute Gasteiger partial charge is 0.325 e. The van der Waals surface area contributed by atoms with E-state index in [9.17, 15) is 36.7 Å². The Kier molecular flexibility index (Phi) is 9.80. The van der Waals surface area contributed by atoms with Gasteiger partial charge in [-0.05, 0) is 95.1 Å². The lowest BCUT2D eigenvalue weighted by molar-refractivity contribution is -0.151. The van der Waals surface area contributed by atoms with Gasteiger partial charge in [0.1, 0.15) is 23.3 Å². The van der Waals surface area contributed by atoms with Crippen LogP contribution in [0.1, 0.15) is 22.3 Å². The maximum Gasteiger partial charge on any atom is 0.312 e. The lowest BCUT2D eigenvalue weighted by Gasteiger charge is -2.33. The standard InChI is InChI=1S/C40H28F4N2O4/c41-33-9-1-25(2-10-33)17-29-21-45(22-30(37(29)47)18-26-3-11-34(42)12-4-26)39(49)40(50)46-23-31(19-27-5-13-35(43)14-6-27)38(48)32(24-46)20-28-7-15-36(44)16-8-28/h1-20H,21-24H2/b29-17+,30-18+,31-19+,32-20+. The molecule has 0 atom stereocenters. The summed E-state index contributed by atoms with van der Waals surface area (Å²) < 4.78 is 54.3. The number of piperidine rings is 2. The first kappa shape index (κ1) is 33.7. The van der Waals surface area contributed by atoms with E-state index in [-0.39, 0.29) is 48.5 Å². The number of carbonyl (C=O) groups excluding carboxylic acids is 4. The Bertz CT molecular complexity index is 1810. The molecular formula is C40H28F4N2O4. The van der Waals surface area contributed by atoms with Gasteiger partial charge < -0.3 is 9.80 Å². The predicted octanol–water partition coefficient (Wildman–Crippen LogP) is 6.70. The number of ketones is 2. The number of amides is 2. The zero-order valence-electron chi connectivity index (χ0n) is 26.4. The van der Waals surface area contributed by atoms with Crippen molar-refractivity contribution in [3.05, 3.63) is 165 Å². The van der Waals surface area contributed by atoms with Gasteiger partial charge in [-0.2, -0.15) is 0 Å². The highest BCUT2D eigenvalue weighted by Gasteiger charge is 2.37. The van der Waals surface area contributed by atoms with Crippen LogP contribution in [-0.4, -0.2) is 59.4 Å². The minimum Gasteiger partial charge on any atom is -0.325 e. The monoisotopic (exact) mass is 676 g/mol. The summed E-state index contributed by atoms with van der Waals surface area (Å²) in [6, 6.07) is 21.6.